The zero-order valence-corrected chi connectivity index (χ0v) is 18.3. The molecule has 3 aromatic rings. The molecule has 0 aliphatic carbocycles. The van der Waals surface area contributed by atoms with Crippen molar-refractivity contribution >= 4 is 5.91 Å². The first-order chi connectivity index (χ1) is 16.1. The summed E-state index contributed by atoms with van der Waals surface area (Å²) in [5.41, 5.74) is 1.31. The van der Waals surface area contributed by atoms with Gasteiger partial charge in [0.05, 0.1) is 6.04 Å². The van der Waals surface area contributed by atoms with Crippen molar-refractivity contribution in [2.75, 3.05) is 18.3 Å². The number of benzene rings is 2. The molecule has 2 aromatic carbocycles. The highest BCUT2D eigenvalue weighted by Gasteiger charge is 2.39. The zero-order chi connectivity index (χ0) is 22.9. The Labute approximate surface area is 191 Å². The van der Waals surface area contributed by atoms with Crippen LogP contribution in [-0.2, 0) is 0 Å². The second kappa shape index (κ2) is 8.50. The third-order valence-corrected chi connectivity index (χ3v) is 6.23. The van der Waals surface area contributed by atoms with Crippen LogP contribution in [0.3, 0.4) is 0 Å². The van der Waals surface area contributed by atoms with Gasteiger partial charge in [0.25, 0.3) is 5.91 Å². The molecule has 1 aromatic heterocycles. The van der Waals surface area contributed by atoms with Gasteiger partial charge in [-0.1, -0.05) is 61.5 Å². The van der Waals surface area contributed by atoms with Crippen LogP contribution in [0.4, 0.5) is 0 Å². The second-order valence-corrected chi connectivity index (χ2v) is 8.14. The van der Waals surface area contributed by atoms with Crippen LogP contribution in [-0.4, -0.2) is 39.9 Å². The molecule has 1 amide bonds. The Bertz CT molecular complexity index is 1270. The number of carbonyl (C=O) groups excluding carboxylic acids is 1. The number of fused-ring (bicyclic) bond motifs is 5. The standard InChI is InChI=1S/C26H25N3O4/c1-2-19-11-8-16-33-22-13-7-6-12-20(22)23(18-9-4-3-5-10-18)29-17-27(19)26(32)24-25(31)21(30)14-15-28(24)29/h3-15,19,23,31H,2,16-17H2,1H3/b11-8+/t19-,23-/m1/s1. The van der Waals surface area contributed by atoms with Crippen LogP contribution >= 0.6 is 0 Å². The number of hydrogen-bond acceptors (Lipinski definition) is 5. The number of carbonyl (C=O) groups is 1. The molecule has 0 saturated heterocycles. The highest BCUT2D eigenvalue weighted by molar-refractivity contribution is 5.96. The van der Waals surface area contributed by atoms with Crippen LogP contribution in [0.5, 0.6) is 11.5 Å². The summed E-state index contributed by atoms with van der Waals surface area (Å²) in [6.45, 7) is 2.64. The molecule has 2 atom stereocenters. The van der Waals surface area contributed by atoms with Gasteiger partial charge in [0.2, 0.25) is 5.43 Å². The van der Waals surface area contributed by atoms with E-state index in [2.05, 4.69) is 0 Å². The maximum absolute atomic E-state index is 13.5. The van der Waals surface area contributed by atoms with Gasteiger partial charge in [-0.3, -0.25) is 19.3 Å². The fourth-order valence-corrected chi connectivity index (χ4v) is 4.61. The molecule has 5 rings (SSSR count). The molecule has 7 heteroatoms. The van der Waals surface area contributed by atoms with Crippen LogP contribution in [0.15, 0.2) is 83.8 Å². The molecule has 33 heavy (non-hydrogen) atoms. The molecule has 1 N–H and O–H groups in total. The summed E-state index contributed by atoms with van der Waals surface area (Å²) in [5.74, 6) is -0.179. The Morgan fingerprint density at radius 2 is 1.79 bits per heavy atom. The SMILES string of the molecule is CC[C@@H]1/C=C/COc2ccccc2[C@@H](c2ccccc2)N2CN1C(=O)c1c(O)c(=O)ccn12. The van der Waals surface area contributed by atoms with Gasteiger partial charge in [0.15, 0.2) is 11.4 Å². The van der Waals surface area contributed by atoms with E-state index in [9.17, 15) is 14.7 Å². The van der Waals surface area contributed by atoms with Gasteiger partial charge in [0.1, 0.15) is 25.1 Å². The Morgan fingerprint density at radius 3 is 2.58 bits per heavy atom. The lowest BCUT2D eigenvalue weighted by Gasteiger charge is -2.45. The van der Waals surface area contributed by atoms with E-state index in [1.54, 1.807) is 15.8 Å². The Morgan fingerprint density at radius 1 is 1.03 bits per heavy atom. The van der Waals surface area contributed by atoms with E-state index in [4.69, 9.17) is 4.74 Å². The van der Waals surface area contributed by atoms with Gasteiger partial charge < -0.3 is 14.7 Å². The maximum atomic E-state index is 13.5. The molecule has 0 radical (unpaired) electrons. The minimum absolute atomic E-state index is 0.0285. The Balaban J connectivity index is 1.81. The second-order valence-electron chi connectivity index (χ2n) is 8.14. The van der Waals surface area contributed by atoms with Gasteiger partial charge in [-0.15, -0.1) is 0 Å². The lowest BCUT2D eigenvalue weighted by atomic mass is 9.97. The number of aromatic nitrogens is 1. The van der Waals surface area contributed by atoms with Crippen molar-refractivity contribution in [2.45, 2.75) is 25.4 Å². The monoisotopic (exact) mass is 443 g/mol. The number of pyridine rings is 1. The molecule has 2 aliphatic heterocycles. The Kier molecular flexibility index (Phi) is 5.38. The van der Waals surface area contributed by atoms with Crippen molar-refractivity contribution in [3.05, 3.63) is 106 Å². The van der Waals surface area contributed by atoms with Crippen LogP contribution in [0.2, 0.25) is 0 Å². The van der Waals surface area contributed by atoms with E-state index in [1.165, 1.54) is 6.07 Å². The van der Waals surface area contributed by atoms with Crippen LogP contribution < -0.4 is 15.2 Å². The number of amides is 1. The summed E-state index contributed by atoms with van der Waals surface area (Å²) in [7, 11) is 0. The molecule has 7 nitrogen and oxygen atoms in total. The lowest BCUT2D eigenvalue weighted by molar-refractivity contribution is 0.0626. The summed E-state index contributed by atoms with van der Waals surface area (Å²) in [6.07, 6.45) is 6.10. The molecule has 0 unspecified atom stereocenters. The molecule has 0 saturated carbocycles. The van der Waals surface area contributed by atoms with Gasteiger partial charge >= 0.3 is 0 Å². The first kappa shape index (κ1) is 20.9. The van der Waals surface area contributed by atoms with Crippen LogP contribution in [0.1, 0.15) is 41.0 Å². The summed E-state index contributed by atoms with van der Waals surface area (Å²) >= 11 is 0. The highest BCUT2D eigenvalue weighted by Crippen LogP contribution is 2.37. The first-order valence-corrected chi connectivity index (χ1v) is 11.1. The van der Waals surface area contributed by atoms with Crippen molar-refractivity contribution in [2.24, 2.45) is 0 Å². The van der Waals surface area contributed by atoms with E-state index < -0.39 is 11.2 Å². The smallest absolute Gasteiger partial charge is 0.278 e. The summed E-state index contributed by atoms with van der Waals surface area (Å²) < 4.78 is 7.75. The van der Waals surface area contributed by atoms with Crippen molar-refractivity contribution in [3.8, 4) is 11.5 Å². The van der Waals surface area contributed by atoms with E-state index in [-0.39, 0.29) is 30.4 Å². The van der Waals surface area contributed by atoms with Gasteiger partial charge in [-0.05, 0) is 24.1 Å². The molecule has 2 aliphatic rings. The lowest BCUT2D eigenvalue weighted by Crippen LogP contribution is -2.57. The molecule has 0 spiro atoms. The number of nitrogens with zero attached hydrogens (tertiary/aromatic N) is 3. The minimum atomic E-state index is -0.579. The molecular formula is C26H25N3O4. The van der Waals surface area contributed by atoms with E-state index >= 15 is 0 Å². The number of ether oxygens (including phenoxy) is 1. The highest BCUT2D eigenvalue weighted by atomic mass is 16.5. The topological polar surface area (TPSA) is 75.0 Å². The van der Waals surface area contributed by atoms with Crippen molar-refractivity contribution in [1.29, 1.82) is 0 Å². The normalized spacial score (nSPS) is 20.8. The average Bonchev–Trinajstić information content (AvgIpc) is 2.87. The fraction of sp³-hybridized carbons (Fsp3) is 0.231. The van der Waals surface area contributed by atoms with Crippen molar-refractivity contribution < 1.29 is 14.6 Å². The number of rotatable bonds is 2. The maximum Gasteiger partial charge on any atom is 0.278 e. The Hall–Kier alpha value is -4.00. The van der Waals surface area contributed by atoms with Crippen molar-refractivity contribution in [3.63, 3.8) is 0 Å². The number of hydrogen-bond donors (Lipinski definition) is 1. The van der Waals surface area contributed by atoms with Crippen LogP contribution in [0, 0.1) is 0 Å². The van der Waals surface area contributed by atoms with Gasteiger partial charge in [0, 0.05) is 17.8 Å². The van der Waals surface area contributed by atoms with Crippen molar-refractivity contribution in [1.82, 2.24) is 9.58 Å². The first-order valence-electron chi connectivity index (χ1n) is 11.1. The predicted octanol–water partition coefficient (Wildman–Crippen LogP) is 3.42. The van der Waals surface area contributed by atoms with E-state index in [1.807, 2.05) is 78.7 Å². The molecule has 168 valence electrons. The number of aromatic hydroxyl groups is 1. The number of para-hydroxylation sites is 1. The van der Waals surface area contributed by atoms with Gasteiger partial charge in [-0.25, -0.2) is 0 Å². The molecule has 0 fully saturated rings. The predicted molar refractivity (Wildman–Crippen MR) is 125 cm³/mol. The third-order valence-electron chi connectivity index (χ3n) is 6.23. The summed E-state index contributed by atoms with van der Waals surface area (Å²) in [4.78, 5) is 27.5. The third kappa shape index (κ3) is 3.55. The molecule has 2 bridgehead atoms. The largest absolute Gasteiger partial charge is 0.502 e. The van der Waals surface area contributed by atoms with E-state index in [0.29, 0.717) is 13.0 Å². The summed E-state index contributed by atoms with van der Waals surface area (Å²) in [5, 5.41) is 12.7. The van der Waals surface area contributed by atoms with E-state index in [0.717, 1.165) is 16.9 Å². The quantitative estimate of drug-likeness (QED) is 0.615. The zero-order valence-electron chi connectivity index (χ0n) is 18.3. The van der Waals surface area contributed by atoms with Gasteiger partial charge in [-0.2, -0.15) is 0 Å². The summed E-state index contributed by atoms with van der Waals surface area (Å²) in [6, 6.07) is 18.5. The fourth-order valence-electron chi connectivity index (χ4n) is 4.61. The molecule has 3 heterocycles. The average molecular weight is 444 g/mol. The minimum Gasteiger partial charge on any atom is -0.502 e. The van der Waals surface area contributed by atoms with Crippen LogP contribution in [0.25, 0.3) is 0 Å². The molecular weight excluding hydrogens is 418 g/mol.